The topological polar surface area (TPSA) is 120 Å². The largest absolute Gasteiger partial charge is 0.433 e. The number of rotatable bonds is 6. The van der Waals surface area contributed by atoms with Crippen LogP contribution >= 0.6 is 0 Å². The fourth-order valence-electron chi connectivity index (χ4n) is 4.72. The van der Waals surface area contributed by atoms with Crippen LogP contribution in [0.25, 0.3) is 0 Å². The van der Waals surface area contributed by atoms with Gasteiger partial charge in [0.05, 0.1) is 27.6 Å². The second-order valence-electron chi connectivity index (χ2n) is 9.55. The van der Waals surface area contributed by atoms with E-state index in [1.807, 2.05) is 0 Å². The zero-order valence-corrected chi connectivity index (χ0v) is 21.0. The molecule has 0 amide bonds. The van der Waals surface area contributed by atoms with Gasteiger partial charge < -0.3 is 10.5 Å². The molecular formula is C24H28F3N5O3S. The summed E-state index contributed by atoms with van der Waals surface area (Å²) in [6.07, 6.45) is 2.83. The van der Waals surface area contributed by atoms with Crippen molar-refractivity contribution in [2.75, 3.05) is 6.54 Å². The van der Waals surface area contributed by atoms with Crippen LogP contribution in [0.2, 0.25) is 0 Å². The number of carbonyl (C=O) groups is 1. The number of pyridine rings is 2. The number of carbonyl (C=O) groups excluding carboxylic acids is 1. The number of fused-ring (bicyclic) bond motifs is 1. The van der Waals surface area contributed by atoms with Crippen LogP contribution in [0.5, 0.6) is 5.75 Å². The monoisotopic (exact) mass is 523 g/mol. The molecule has 0 aliphatic carbocycles. The van der Waals surface area contributed by atoms with Crippen LogP contribution < -0.4 is 10.5 Å². The highest BCUT2D eigenvalue weighted by molar-refractivity contribution is 7.96. The summed E-state index contributed by atoms with van der Waals surface area (Å²) in [5.41, 5.74) is 5.17. The number of ketones is 1. The molecule has 2 aliphatic heterocycles. The summed E-state index contributed by atoms with van der Waals surface area (Å²) in [6, 6.07) is 5.06. The van der Waals surface area contributed by atoms with Crippen molar-refractivity contribution in [3.63, 3.8) is 0 Å². The first-order chi connectivity index (χ1) is 16.9. The predicted molar refractivity (Wildman–Crippen MR) is 129 cm³/mol. The number of Topliss-reactive ketones (excluding diaryl/α,β-unsaturated/α-hetero) is 1. The minimum atomic E-state index is -3.01. The number of alkyl halides is 2. The zero-order valence-electron chi connectivity index (χ0n) is 20.2. The maximum Gasteiger partial charge on any atom is 0.387 e. The lowest BCUT2D eigenvalue weighted by Crippen LogP contribution is -2.59. The Hall–Kier alpha value is -3.02. The van der Waals surface area contributed by atoms with E-state index < -0.39 is 43.5 Å². The second kappa shape index (κ2) is 9.45. The smallest absolute Gasteiger partial charge is 0.387 e. The number of ether oxygens (including phenoxy) is 1. The van der Waals surface area contributed by atoms with E-state index in [0.717, 1.165) is 19.0 Å². The lowest BCUT2D eigenvalue weighted by atomic mass is 9.88. The van der Waals surface area contributed by atoms with Crippen LogP contribution in [-0.4, -0.2) is 48.9 Å². The molecule has 0 radical (unpaired) electrons. The quantitative estimate of drug-likeness (QED) is 0.571. The van der Waals surface area contributed by atoms with Gasteiger partial charge >= 0.3 is 6.61 Å². The van der Waals surface area contributed by atoms with E-state index in [0.29, 0.717) is 13.0 Å². The minimum absolute atomic E-state index is 0.0165. The fraction of sp³-hybridized carbons (Fsp3) is 0.500. The highest BCUT2D eigenvalue weighted by Gasteiger charge is 2.56. The van der Waals surface area contributed by atoms with Crippen molar-refractivity contribution in [3.8, 4) is 5.75 Å². The summed E-state index contributed by atoms with van der Waals surface area (Å²) < 4.78 is 62.1. The Morgan fingerprint density at radius 2 is 1.97 bits per heavy atom. The Labute approximate surface area is 207 Å². The average Bonchev–Trinajstić information content (AvgIpc) is 3.02. The molecule has 8 nitrogen and oxygen atoms in total. The molecule has 2 aromatic rings. The summed E-state index contributed by atoms with van der Waals surface area (Å²) in [4.78, 5) is 25.7. The highest BCUT2D eigenvalue weighted by Crippen LogP contribution is 2.46. The van der Waals surface area contributed by atoms with Crippen molar-refractivity contribution in [1.29, 1.82) is 0 Å². The van der Waals surface area contributed by atoms with Crippen LogP contribution in [0, 0.1) is 5.82 Å². The normalized spacial score (nSPS) is 27.4. The van der Waals surface area contributed by atoms with Crippen molar-refractivity contribution in [1.82, 2.24) is 9.97 Å². The van der Waals surface area contributed by atoms with E-state index in [9.17, 15) is 17.8 Å². The molecule has 0 saturated carbocycles. The summed E-state index contributed by atoms with van der Waals surface area (Å²) >= 11 is 0. The van der Waals surface area contributed by atoms with Gasteiger partial charge in [0.15, 0.2) is 5.78 Å². The molecule has 0 aromatic carbocycles. The molecule has 2 aliphatic rings. The molecule has 0 spiro atoms. The first kappa shape index (κ1) is 26.1. The van der Waals surface area contributed by atoms with Crippen LogP contribution in [-0.2, 0) is 21.7 Å². The molecule has 194 valence electrons. The number of nitrogens with zero attached hydrogens (tertiary/aromatic N) is 4. The van der Waals surface area contributed by atoms with E-state index in [2.05, 4.69) is 24.1 Å². The SMILES string of the molecule is CC1(C)C(N)=N[C@](C)(c2nc(CC(=O)c3ccc(OC(F)F)cn3)ccc2F)[C@@H]2CCCCN=[S@]21=O. The Kier molecular flexibility index (Phi) is 6.84. The third-order valence-corrected chi connectivity index (χ3v) is 10.5. The fourth-order valence-corrected chi connectivity index (χ4v) is 7.95. The van der Waals surface area contributed by atoms with Gasteiger partial charge in [-0.05, 0) is 57.9 Å². The van der Waals surface area contributed by atoms with Gasteiger partial charge in [-0.15, -0.1) is 0 Å². The predicted octanol–water partition coefficient (Wildman–Crippen LogP) is 4.03. The van der Waals surface area contributed by atoms with E-state index in [4.69, 9.17) is 5.73 Å². The van der Waals surface area contributed by atoms with Crippen molar-refractivity contribution in [2.45, 2.75) is 68.6 Å². The summed E-state index contributed by atoms with van der Waals surface area (Å²) in [5.74, 6) is -1.16. The third-order valence-electron chi connectivity index (χ3n) is 6.84. The number of halogens is 3. The molecule has 36 heavy (non-hydrogen) atoms. The molecule has 0 bridgehead atoms. The van der Waals surface area contributed by atoms with Gasteiger partial charge in [0.2, 0.25) is 0 Å². The number of nitrogens with two attached hydrogens (primary N) is 1. The van der Waals surface area contributed by atoms with Crippen LogP contribution in [0.4, 0.5) is 13.2 Å². The summed E-state index contributed by atoms with van der Waals surface area (Å²) in [7, 11) is -2.94. The number of aliphatic imine (C=N–C) groups is 1. The Bertz CT molecular complexity index is 1320. The van der Waals surface area contributed by atoms with E-state index >= 15 is 4.39 Å². The van der Waals surface area contributed by atoms with Gasteiger partial charge in [0, 0.05) is 12.2 Å². The molecule has 4 heterocycles. The van der Waals surface area contributed by atoms with Crippen molar-refractivity contribution in [3.05, 3.63) is 53.4 Å². The third kappa shape index (κ3) is 4.46. The number of aromatic nitrogens is 2. The molecule has 4 rings (SSSR count). The van der Waals surface area contributed by atoms with Crippen LogP contribution in [0.15, 0.2) is 39.8 Å². The first-order valence-corrected chi connectivity index (χ1v) is 13.1. The Balaban J connectivity index is 1.70. The standard InChI is InChI=1S/C24H28F3N5O3S/c1-23(2)21(28)32-24(3,19-6-4-5-11-30-36(19,23)34)20-16(25)9-7-14(31-20)12-18(33)17-10-8-15(13-29-17)35-22(26)27/h7-10,13,19,22H,4-6,11-12H2,1-3H3,(H2,28,32)/t19-,24-,36-/m0/s1. The van der Waals surface area contributed by atoms with Crippen LogP contribution in [0.1, 0.15) is 61.9 Å². The van der Waals surface area contributed by atoms with E-state index in [1.54, 1.807) is 20.8 Å². The van der Waals surface area contributed by atoms with E-state index in [-0.39, 0.29) is 35.1 Å². The first-order valence-electron chi connectivity index (χ1n) is 11.6. The maximum absolute atomic E-state index is 15.2. The van der Waals surface area contributed by atoms with Gasteiger partial charge in [-0.1, -0.05) is 6.42 Å². The number of hydrogen-bond acceptors (Lipinski definition) is 8. The van der Waals surface area contributed by atoms with Crippen LogP contribution in [0.3, 0.4) is 0 Å². The maximum atomic E-state index is 15.2. The molecular weight excluding hydrogens is 495 g/mol. The molecule has 0 unspecified atom stereocenters. The van der Waals surface area contributed by atoms with Gasteiger partial charge in [0.25, 0.3) is 0 Å². The summed E-state index contributed by atoms with van der Waals surface area (Å²) in [6.45, 7) is 2.59. The minimum Gasteiger partial charge on any atom is -0.433 e. The van der Waals surface area contributed by atoms with Crippen molar-refractivity contribution >= 4 is 21.3 Å². The number of hydrogen-bond donors (Lipinski definition) is 1. The van der Waals surface area contributed by atoms with Crippen molar-refractivity contribution in [2.24, 2.45) is 15.1 Å². The zero-order chi connectivity index (χ0) is 26.3. The number of amidine groups is 1. The molecule has 2 N–H and O–H groups in total. The molecule has 0 saturated heterocycles. The molecule has 3 atom stereocenters. The average molecular weight is 524 g/mol. The lowest BCUT2D eigenvalue weighted by Gasteiger charge is -2.46. The van der Waals surface area contributed by atoms with Gasteiger partial charge in [-0.3, -0.25) is 14.8 Å². The Morgan fingerprint density at radius 1 is 1.22 bits per heavy atom. The second-order valence-corrected chi connectivity index (χ2v) is 12.5. The lowest BCUT2D eigenvalue weighted by molar-refractivity contribution is -0.0500. The summed E-state index contributed by atoms with van der Waals surface area (Å²) in [5, 5.41) is -0.619. The molecule has 0 fully saturated rings. The molecule has 2 aromatic heterocycles. The van der Waals surface area contributed by atoms with Crippen molar-refractivity contribution < 1.29 is 26.9 Å². The van der Waals surface area contributed by atoms with Gasteiger partial charge in [0.1, 0.15) is 39.1 Å². The highest BCUT2D eigenvalue weighted by atomic mass is 32.2. The molecule has 12 heteroatoms. The van der Waals surface area contributed by atoms with E-state index in [1.165, 1.54) is 24.3 Å². The van der Waals surface area contributed by atoms with Gasteiger partial charge in [-0.2, -0.15) is 8.78 Å². The van der Waals surface area contributed by atoms with Gasteiger partial charge in [-0.25, -0.2) is 17.9 Å². The Morgan fingerprint density at radius 3 is 2.64 bits per heavy atom.